The van der Waals surface area contributed by atoms with Gasteiger partial charge in [0.25, 0.3) is 0 Å². The van der Waals surface area contributed by atoms with Gasteiger partial charge in [-0.3, -0.25) is 0 Å². The van der Waals surface area contributed by atoms with Crippen LogP contribution in [0.1, 0.15) is 52.4 Å². The van der Waals surface area contributed by atoms with Gasteiger partial charge in [0.1, 0.15) is 5.41 Å². The van der Waals surface area contributed by atoms with E-state index < -0.39 is 5.41 Å². The van der Waals surface area contributed by atoms with Gasteiger partial charge in [0.05, 0.1) is 0 Å². The van der Waals surface area contributed by atoms with E-state index in [9.17, 15) is 4.39 Å². The summed E-state index contributed by atoms with van der Waals surface area (Å²) in [5.41, 5.74) is 0. The SMILES string of the molecule is CCC(C)CC1CCC(F)(P)CC1. The van der Waals surface area contributed by atoms with Crippen molar-refractivity contribution in [2.75, 3.05) is 0 Å². The lowest BCUT2D eigenvalue weighted by molar-refractivity contribution is 0.160. The van der Waals surface area contributed by atoms with E-state index in [0.29, 0.717) is 0 Å². The Kier molecular flexibility index (Phi) is 4.16. The Morgan fingerprint density at radius 3 is 2.46 bits per heavy atom. The zero-order chi connectivity index (χ0) is 9.90. The molecule has 2 unspecified atom stereocenters. The van der Waals surface area contributed by atoms with Crippen LogP contribution in [0, 0.1) is 11.8 Å². The van der Waals surface area contributed by atoms with Crippen molar-refractivity contribution in [3.63, 3.8) is 0 Å². The molecule has 13 heavy (non-hydrogen) atoms. The molecule has 1 fully saturated rings. The highest BCUT2D eigenvalue weighted by Gasteiger charge is 2.30. The molecule has 78 valence electrons. The molecule has 0 aromatic rings. The van der Waals surface area contributed by atoms with Gasteiger partial charge in [-0.05, 0) is 43.9 Å². The van der Waals surface area contributed by atoms with Crippen LogP contribution < -0.4 is 0 Å². The first-order valence-electron chi connectivity index (χ1n) is 5.51. The van der Waals surface area contributed by atoms with Crippen LogP contribution in [-0.4, -0.2) is 5.41 Å². The standard InChI is InChI=1S/C11H22FP/c1-3-9(2)8-10-4-6-11(12,13)7-5-10/h9-10H,3-8,13H2,1-2H3. The minimum Gasteiger partial charge on any atom is -0.240 e. The van der Waals surface area contributed by atoms with E-state index in [4.69, 9.17) is 0 Å². The van der Waals surface area contributed by atoms with Crippen LogP contribution in [0.2, 0.25) is 0 Å². The molecule has 0 aliphatic heterocycles. The summed E-state index contributed by atoms with van der Waals surface area (Å²) in [6.07, 6.45) is 6.24. The Bertz CT molecular complexity index is 146. The first-order chi connectivity index (χ1) is 6.03. The molecule has 1 rings (SSSR count). The molecule has 0 amide bonds. The van der Waals surface area contributed by atoms with Crippen LogP contribution in [0.4, 0.5) is 4.39 Å². The number of alkyl halides is 1. The van der Waals surface area contributed by atoms with Crippen molar-refractivity contribution in [1.29, 1.82) is 0 Å². The van der Waals surface area contributed by atoms with Gasteiger partial charge in [0.2, 0.25) is 0 Å². The zero-order valence-electron chi connectivity index (χ0n) is 8.85. The first-order valence-corrected chi connectivity index (χ1v) is 6.09. The topological polar surface area (TPSA) is 0 Å². The minimum atomic E-state index is -0.939. The van der Waals surface area contributed by atoms with Crippen LogP contribution in [0.25, 0.3) is 0 Å². The molecule has 2 atom stereocenters. The Balaban J connectivity index is 2.25. The Morgan fingerprint density at radius 1 is 1.46 bits per heavy atom. The molecule has 0 aromatic heterocycles. The lowest BCUT2D eigenvalue weighted by Gasteiger charge is -2.32. The second-order valence-corrected chi connectivity index (χ2v) is 5.76. The molecular weight excluding hydrogens is 182 g/mol. The fourth-order valence-corrected chi connectivity index (χ4v) is 2.46. The summed E-state index contributed by atoms with van der Waals surface area (Å²) in [5.74, 6) is 1.61. The average Bonchev–Trinajstić information content (AvgIpc) is 2.08. The second kappa shape index (κ2) is 4.73. The number of hydrogen-bond donors (Lipinski definition) is 0. The summed E-state index contributed by atoms with van der Waals surface area (Å²) in [5, 5.41) is -0.939. The van der Waals surface area contributed by atoms with Crippen molar-refractivity contribution < 1.29 is 4.39 Å². The molecule has 0 radical (unpaired) electrons. The molecule has 0 heterocycles. The first kappa shape index (κ1) is 11.4. The van der Waals surface area contributed by atoms with Gasteiger partial charge in [0.15, 0.2) is 0 Å². The van der Waals surface area contributed by atoms with Gasteiger partial charge in [-0.25, -0.2) is 4.39 Å². The molecule has 0 N–H and O–H groups in total. The predicted molar refractivity (Wildman–Crippen MR) is 59.6 cm³/mol. The van der Waals surface area contributed by atoms with Crippen LogP contribution in [0.3, 0.4) is 0 Å². The largest absolute Gasteiger partial charge is 0.240 e. The highest BCUT2D eigenvalue weighted by atomic mass is 31.0. The molecule has 0 spiro atoms. The minimum absolute atomic E-state index is 0.749. The van der Waals surface area contributed by atoms with E-state index in [1.54, 1.807) is 0 Å². The van der Waals surface area contributed by atoms with Crippen molar-refractivity contribution in [1.82, 2.24) is 0 Å². The molecule has 0 bridgehead atoms. The van der Waals surface area contributed by atoms with Crippen LogP contribution >= 0.6 is 9.24 Å². The highest BCUT2D eigenvalue weighted by Crippen LogP contribution is 2.41. The van der Waals surface area contributed by atoms with Crippen molar-refractivity contribution in [2.24, 2.45) is 11.8 Å². The highest BCUT2D eigenvalue weighted by molar-refractivity contribution is 7.18. The van der Waals surface area contributed by atoms with Crippen LogP contribution in [0.15, 0.2) is 0 Å². The van der Waals surface area contributed by atoms with E-state index in [1.165, 1.54) is 12.8 Å². The van der Waals surface area contributed by atoms with Gasteiger partial charge in [-0.15, -0.1) is 0 Å². The van der Waals surface area contributed by atoms with Crippen molar-refractivity contribution in [3.8, 4) is 0 Å². The summed E-state index contributed by atoms with van der Waals surface area (Å²) in [7, 11) is 2.37. The summed E-state index contributed by atoms with van der Waals surface area (Å²) >= 11 is 0. The van der Waals surface area contributed by atoms with E-state index in [1.807, 2.05) is 0 Å². The van der Waals surface area contributed by atoms with E-state index in [0.717, 1.165) is 37.5 Å². The summed E-state index contributed by atoms with van der Waals surface area (Å²) < 4.78 is 13.4. The Labute approximate surface area is 83.9 Å². The van der Waals surface area contributed by atoms with Gasteiger partial charge in [-0.1, -0.05) is 29.5 Å². The summed E-state index contributed by atoms with van der Waals surface area (Å²) in [6, 6.07) is 0. The van der Waals surface area contributed by atoms with E-state index >= 15 is 0 Å². The number of hydrogen-bond acceptors (Lipinski definition) is 0. The van der Waals surface area contributed by atoms with Crippen molar-refractivity contribution in [2.45, 2.75) is 57.8 Å². The lowest BCUT2D eigenvalue weighted by Crippen LogP contribution is -2.23. The smallest absolute Gasteiger partial charge is 0.123 e. The van der Waals surface area contributed by atoms with E-state index in [2.05, 4.69) is 23.1 Å². The summed E-state index contributed by atoms with van der Waals surface area (Å²) in [6.45, 7) is 4.54. The third-order valence-corrected chi connectivity index (χ3v) is 3.95. The van der Waals surface area contributed by atoms with Crippen LogP contribution in [0.5, 0.6) is 0 Å². The Morgan fingerprint density at radius 2 is 2.00 bits per heavy atom. The average molecular weight is 204 g/mol. The normalized spacial score (nSPS) is 37.4. The van der Waals surface area contributed by atoms with Gasteiger partial charge >= 0.3 is 0 Å². The fraction of sp³-hybridized carbons (Fsp3) is 1.00. The fourth-order valence-electron chi connectivity index (χ4n) is 2.13. The monoisotopic (exact) mass is 204 g/mol. The predicted octanol–water partition coefficient (Wildman–Crippen LogP) is 4.15. The second-order valence-electron chi connectivity index (χ2n) is 4.73. The number of halogens is 1. The molecule has 2 heteroatoms. The molecule has 0 saturated heterocycles. The molecule has 1 aliphatic rings. The van der Waals surface area contributed by atoms with Gasteiger partial charge in [0, 0.05) is 0 Å². The van der Waals surface area contributed by atoms with Crippen molar-refractivity contribution in [3.05, 3.63) is 0 Å². The third-order valence-electron chi connectivity index (χ3n) is 3.37. The van der Waals surface area contributed by atoms with E-state index in [-0.39, 0.29) is 0 Å². The maximum atomic E-state index is 13.4. The van der Waals surface area contributed by atoms with Gasteiger partial charge in [-0.2, -0.15) is 0 Å². The third kappa shape index (κ3) is 3.94. The lowest BCUT2D eigenvalue weighted by atomic mass is 9.81. The maximum Gasteiger partial charge on any atom is 0.123 e. The maximum absolute atomic E-state index is 13.4. The number of rotatable bonds is 3. The van der Waals surface area contributed by atoms with Gasteiger partial charge < -0.3 is 0 Å². The van der Waals surface area contributed by atoms with Crippen molar-refractivity contribution >= 4 is 9.24 Å². The molecule has 1 saturated carbocycles. The molecular formula is C11H22FP. The molecule has 0 aromatic carbocycles. The summed E-state index contributed by atoms with van der Waals surface area (Å²) in [4.78, 5) is 0. The molecule has 1 aliphatic carbocycles. The quantitative estimate of drug-likeness (QED) is 0.606. The molecule has 0 nitrogen and oxygen atoms in total. The zero-order valence-corrected chi connectivity index (χ0v) is 10.0. The Hall–Kier alpha value is 0.360. The van der Waals surface area contributed by atoms with Crippen LogP contribution in [-0.2, 0) is 0 Å².